The minimum atomic E-state index is -1.26. The van der Waals surface area contributed by atoms with Crippen LogP contribution in [-0.2, 0) is 82.8 Å². The van der Waals surface area contributed by atoms with E-state index in [0.29, 0.717) is 104 Å². The molecule has 1 heterocycles. The molecule has 2 saturated carbocycles. The Hall–Kier alpha value is -7.53. The summed E-state index contributed by atoms with van der Waals surface area (Å²) < 4.78 is 34.4. The maximum absolute atomic E-state index is 14.4. The Morgan fingerprint density at radius 2 is 0.892 bits per heavy atom. The maximum atomic E-state index is 14.4. The van der Waals surface area contributed by atoms with Gasteiger partial charge in [0, 0.05) is 84.2 Å². The fourth-order valence-electron chi connectivity index (χ4n) is 13.7. The molecular weight excluding hydrogens is 1420 g/mol. The van der Waals surface area contributed by atoms with Crippen LogP contribution in [0, 0.1) is 11.8 Å². The molecule has 2 aromatic carbocycles. The topological polar surface area (TPSA) is 354 Å². The third-order valence-electron chi connectivity index (χ3n) is 19.1. The Morgan fingerprint density at radius 3 is 1.38 bits per heavy atom. The second-order valence-corrected chi connectivity index (χ2v) is 35.3. The number of hydrogen-bond donors (Lipinski definition) is 7. The molecule has 3 aliphatic rings. The molecule has 6 amide bonds. The zero-order valence-electron chi connectivity index (χ0n) is 69.6. The third kappa shape index (κ3) is 40.2. The van der Waals surface area contributed by atoms with Crippen molar-refractivity contribution in [1.29, 1.82) is 0 Å². The summed E-state index contributed by atoms with van der Waals surface area (Å²) >= 11 is 0. The first-order chi connectivity index (χ1) is 52.1. The number of fused-ring (bicyclic) bond motifs is 1. The van der Waals surface area contributed by atoms with Crippen molar-refractivity contribution in [2.75, 3.05) is 98.2 Å². The molecule has 28 nitrogen and oxygen atoms in total. The van der Waals surface area contributed by atoms with E-state index in [1.54, 1.807) is 104 Å². The number of rotatable bonds is 32. The quantitative estimate of drug-likeness (QED) is 0.0207. The SMILES string of the molecule is CC(C)(C)OC(=O)CC[C@H](NC(=O)N[C@@H](CCCCNC(=O)[C@H](Cc1ccc2ccccc2c1)NC(=O)C1CCC(CNC(=O)[C@H](CCN)NC(=O)CN2CCN(CC(=O)OC(C)(C)C)CCN(CC(=O)OC(C)(C)C)CCN(CC(=O)OC(C)(C)C)CC2)CC1)C(=O)OC1CCCCCCCCC1)C(=O)OC(C)(C)C. The predicted octanol–water partition coefficient (Wildman–Crippen LogP) is 8.09. The smallest absolute Gasteiger partial charge is 0.329 e. The lowest BCUT2D eigenvalue weighted by Crippen LogP contribution is -2.53. The summed E-state index contributed by atoms with van der Waals surface area (Å²) in [7, 11) is 0. The first kappa shape index (κ1) is 94.1. The van der Waals surface area contributed by atoms with Gasteiger partial charge in [0.05, 0.1) is 26.2 Å². The van der Waals surface area contributed by atoms with Gasteiger partial charge in [-0.05, 0) is 216 Å². The molecule has 0 bridgehead atoms. The van der Waals surface area contributed by atoms with Crippen molar-refractivity contribution in [3.05, 3.63) is 48.0 Å². The van der Waals surface area contributed by atoms with Crippen LogP contribution in [-0.4, -0.2) is 242 Å². The van der Waals surface area contributed by atoms with Gasteiger partial charge >= 0.3 is 41.8 Å². The Kier molecular flexibility index (Phi) is 39.0. The van der Waals surface area contributed by atoms with E-state index in [0.717, 1.165) is 54.9 Å². The van der Waals surface area contributed by atoms with Gasteiger partial charge in [-0.1, -0.05) is 74.6 Å². The number of urea groups is 1. The van der Waals surface area contributed by atoms with Crippen LogP contribution in [0.3, 0.4) is 0 Å². The van der Waals surface area contributed by atoms with Crippen molar-refractivity contribution in [3.63, 3.8) is 0 Å². The van der Waals surface area contributed by atoms with E-state index in [1.807, 2.05) is 62.1 Å². The molecule has 626 valence electrons. The van der Waals surface area contributed by atoms with Crippen LogP contribution in [0.1, 0.15) is 231 Å². The van der Waals surface area contributed by atoms with Crippen LogP contribution in [0.25, 0.3) is 10.8 Å². The van der Waals surface area contributed by atoms with Crippen molar-refractivity contribution in [2.45, 2.75) is 291 Å². The number of carbonyl (C=O) groups is 11. The van der Waals surface area contributed by atoms with Crippen molar-refractivity contribution in [1.82, 2.24) is 51.5 Å². The van der Waals surface area contributed by atoms with E-state index < -0.39 is 118 Å². The van der Waals surface area contributed by atoms with Crippen LogP contribution in [0.15, 0.2) is 42.5 Å². The molecule has 2 aromatic rings. The van der Waals surface area contributed by atoms with Crippen LogP contribution in [0.4, 0.5) is 4.79 Å². The Morgan fingerprint density at radius 1 is 0.441 bits per heavy atom. The number of nitrogens with two attached hydrogens (primary N) is 1. The highest BCUT2D eigenvalue weighted by atomic mass is 16.6. The van der Waals surface area contributed by atoms with E-state index in [4.69, 9.17) is 34.2 Å². The van der Waals surface area contributed by atoms with Gasteiger partial charge in [-0.2, -0.15) is 0 Å². The van der Waals surface area contributed by atoms with Gasteiger partial charge in [-0.15, -0.1) is 0 Å². The molecule has 1 aliphatic heterocycles. The van der Waals surface area contributed by atoms with Crippen molar-refractivity contribution >= 4 is 76.2 Å². The molecule has 28 heteroatoms. The standard InChI is InChI=1S/C83H137N11O17/c1-79(2,3)107-69(96)39-38-66(77(104)111-83(13,14)15)90-78(105)89-65(76(103)106-63-29-21-19-17-16-18-20-22-30-63)31-25-26-42-85-75(102)67(52-59-34-35-60-27-23-24-28-62(60)51-59)88-73(100)61-36-32-58(33-37-61)53-86-74(101)64(40-41-84)87-68(95)54-91-43-45-92(55-70(97)108-80(4,5)6)47-49-94(57-72(99)110-82(10,11)12)50-48-93(46-44-91)56-71(98)109-81(7,8)9/h23-24,27-28,34-35,51,58,61,63-67H,16-22,25-26,29-33,36-50,52-57,84H2,1-15H3,(H,85,102)(H,86,101)(H,87,95)(H,88,100)(H2,89,90,105)/t58?,61?,64-,65-,66-,67-/m0/s1. The highest BCUT2D eigenvalue weighted by Crippen LogP contribution is 2.30. The largest absolute Gasteiger partial charge is 0.461 e. The number of esters is 6. The summed E-state index contributed by atoms with van der Waals surface area (Å²) in [5.74, 6) is -5.10. The number of nitrogens with zero attached hydrogens (tertiary/aromatic N) is 4. The van der Waals surface area contributed by atoms with E-state index in [-0.39, 0.29) is 95.8 Å². The number of unbranched alkanes of at least 4 members (excludes halogenated alkanes) is 1. The predicted molar refractivity (Wildman–Crippen MR) is 425 cm³/mol. The van der Waals surface area contributed by atoms with Gasteiger partial charge in [0.15, 0.2) is 0 Å². The number of hydrogen-bond acceptors (Lipinski definition) is 22. The van der Waals surface area contributed by atoms with Gasteiger partial charge in [-0.25, -0.2) is 14.4 Å². The second kappa shape index (κ2) is 46.0. The van der Waals surface area contributed by atoms with Gasteiger partial charge in [-0.3, -0.25) is 58.0 Å². The lowest BCUT2D eigenvalue weighted by Gasteiger charge is -2.34. The summed E-state index contributed by atoms with van der Waals surface area (Å²) in [4.78, 5) is 159. The van der Waals surface area contributed by atoms with Crippen LogP contribution < -0.4 is 37.6 Å². The molecule has 0 spiro atoms. The van der Waals surface area contributed by atoms with Crippen molar-refractivity contribution in [3.8, 4) is 0 Å². The number of ether oxygens (including phenoxy) is 6. The van der Waals surface area contributed by atoms with Crippen LogP contribution >= 0.6 is 0 Å². The average Bonchev–Trinajstić information content (AvgIpc) is 0.839. The molecule has 3 fully saturated rings. The molecule has 0 unspecified atom stereocenters. The summed E-state index contributed by atoms with van der Waals surface area (Å²) in [6.07, 6.45) is 11.4. The van der Waals surface area contributed by atoms with Crippen LogP contribution in [0.5, 0.6) is 0 Å². The maximum Gasteiger partial charge on any atom is 0.329 e. The van der Waals surface area contributed by atoms with E-state index in [9.17, 15) is 52.7 Å². The summed E-state index contributed by atoms with van der Waals surface area (Å²) in [6.45, 7) is 29.5. The molecule has 0 radical (unpaired) electrons. The molecule has 4 atom stereocenters. The van der Waals surface area contributed by atoms with Gasteiger partial charge < -0.3 is 66.1 Å². The third-order valence-corrected chi connectivity index (χ3v) is 19.1. The van der Waals surface area contributed by atoms with Gasteiger partial charge in [0.25, 0.3) is 0 Å². The van der Waals surface area contributed by atoms with Crippen molar-refractivity contribution < 1.29 is 81.2 Å². The number of amides is 6. The summed E-state index contributed by atoms with van der Waals surface area (Å²) in [6, 6.07) is 8.66. The fraction of sp³-hybridized carbons (Fsp3) is 0.747. The summed E-state index contributed by atoms with van der Waals surface area (Å²) in [5, 5.41) is 19.5. The lowest BCUT2D eigenvalue weighted by molar-refractivity contribution is -0.159. The number of nitrogens with one attached hydrogen (secondary N) is 6. The number of carbonyl (C=O) groups excluding carboxylic acids is 11. The average molecular weight is 1560 g/mol. The molecule has 5 rings (SSSR count). The minimum absolute atomic E-state index is 0.00881. The number of benzene rings is 2. The Balaban J connectivity index is 1.22. The summed E-state index contributed by atoms with van der Waals surface area (Å²) in [5.41, 5.74) is 3.05. The Bertz CT molecular complexity index is 3250. The zero-order chi connectivity index (χ0) is 82.1. The molecular formula is C83H137N11O17. The fourth-order valence-corrected chi connectivity index (χ4v) is 13.7. The van der Waals surface area contributed by atoms with Gasteiger partial charge in [0.1, 0.15) is 58.3 Å². The lowest BCUT2D eigenvalue weighted by atomic mass is 9.81. The van der Waals surface area contributed by atoms with Crippen LogP contribution in [0.2, 0.25) is 0 Å². The Labute approximate surface area is 660 Å². The molecule has 111 heavy (non-hydrogen) atoms. The van der Waals surface area contributed by atoms with E-state index in [2.05, 4.69) is 31.9 Å². The van der Waals surface area contributed by atoms with E-state index >= 15 is 0 Å². The first-order valence-electron chi connectivity index (χ1n) is 40.7. The zero-order valence-corrected chi connectivity index (χ0v) is 69.6. The molecule has 0 aromatic heterocycles. The highest BCUT2D eigenvalue weighted by Gasteiger charge is 2.35. The molecule has 8 N–H and O–H groups in total. The molecule has 2 aliphatic carbocycles. The highest BCUT2D eigenvalue weighted by molar-refractivity contribution is 5.91. The molecule has 1 saturated heterocycles. The minimum Gasteiger partial charge on any atom is -0.461 e. The normalized spacial score (nSPS) is 18.8. The van der Waals surface area contributed by atoms with Crippen molar-refractivity contribution in [2.24, 2.45) is 17.6 Å². The van der Waals surface area contributed by atoms with E-state index in [1.165, 1.54) is 6.42 Å². The van der Waals surface area contributed by atoms with Gasteiger partial charge in [0.2, 0.25) is 23.6 Å². The monoisotopic (exact) mass is 1560 g/mol. The second-order valence-electron chi connectivity index (χ2n) is 35.3. The first-order valence-corrected chi connectivity index (χ1v) is 40.7.